The Kier molecular flexibility index (Phi) is 5.21. The molecule has 0 unspecified atom stereocenters. The Morgan fingerprint density at radius 3 is 2.69 bits per heavy atom. The van der Waals surface area contributed by atoms with Crippen LogP contribution in [0.3, 0.4) is 0 Å². The summed E-state index contributed by atoms with van der Waals surface area (Å²) in [5.41, 5.74) is 1.84. The van der Waals surface area contributed by atoms with Crippen LogP contribution in [0.5, 0.6) is 11.5 Å². The van der Waals surface area contributed by atoms with Crippen LogP contribution < -0.4 is 14.8 Å². The molecule has 1 heterocycles. The number of carbonyl (C=O) groups is 1. The van der Waals surface area contributed by atoms with Gasteiger partial charge in [0.15, 0.2) is 6.10 Å². The number of nitrogens with one attached hydrogen (secondary N) is 1. The highest BCUT2D eigenvalue weighted by atomic mass is 16.5. The van der Waals surface area contributed by atoms with Gasteiger partial charge in [0.05, 0.1) is 6.04 Å². The number of benzene rings is 2. The Labute approximate surface area is 155 Å². The minimum atomic E-state index is -0.516. The second-order valence-corrected chi connectivity index (χ2v) is 7.50. The molecule has 4 nitrogen and oxygen atoms in total. The molecule has 0 saturated carbocycles. The van der Waals surface area contributed by atoms with E-state index < -0.39 is 6.10 Å². The summed E-state index contributed by atoms with van der Waals surface area (Å²) in [6.07, 6.45) is 0.808. The van der Waals surface area contributed by atoms with Gasteiger partial charge in [-0.05, 0) is 51.0 Å². The standard InChI is InChI=1S/C22H27NO3/c1-5-19(25-16-9-7-6-8-10-16)21(24)23-18-14-22(3,4)26-20-13-15(2)11-12-17(18)20/h6-13,18-19H,5,14H2,1-4H3,(H,23,24)/t18-,19+/m1/s1. The van der Waals surface area contributed by atoms with Crippen LogP contribution >= 0.6 is 0 Å². The lowest BCUT2D eigenvalue weighted by atomic mass is 9.89. The van der Waals surface area contributed by atoms with E-state index in [4.69, 9.17) is 9.47 Å². The van der Waals surface area contributed by atoms with E-state index in [9.17, 15) is 4.79 Å². The molecular formula is C22H27NO3. The fraction of sp³-hybridized carbons (Fsp3) is 0.409. The molecule has 0 saturated heterocycles. The summed E-state index contributed by atoms with van der Waals surface area (Å²) in [4.78, 5) is 12.9. The minimum absolute atomic E-state index is 0.0877. The third-order valence-corrected chi connectivity index (χ3v) is 4.63. The van der Waals surface area contributed by atoms with Crippen LogP contribution in [0, 0.1) is 6.92 Å². The zero-order valence-corrected chi connectivity index (χ0v) is 15.9. The average Bonchev–Trinajstić information content (AvgIpc) is 2.59. The van der Waals surface area contributed by atoms with Gasteiger partial charge in [0.2, 0.25) is 0 Å². The Balaban J connectivity index is 1.77. The lowest BCUT2D eigenvalue weighted by molar-refractivity contribution is -0.129. The van der Waals surface area contributed by atoms with Gasteiger partial charge in [0, 0.05) is 12.0 Å². The molecule has 138 valence electrons. The summed E-state index contributed by atoms with van der Waals surface area (Å²) in [6, 6.07) is 15.5. The van der Waals surface area contributed by atoms with Crippen LogP contribution in [0.15, 0.2) is 48.5 Å². The smallest absolute Gasteiger partial charge is 0.261 e. The van der Waals surface area contributed by atoms with Crippen molar-refractivity contribution in [3.05, 3.63) is 59.7 Å². The SMILES string of the molecule is CC[C@H](Oc1ccccc1)C(=O)N[C@@H]1CC(C)(C)Oc2cc(C)ccc21. The van der Waals surface area contributed by atoms with E-state index in [0.717, 1.165) is 23.3 Å². The van der Waals surface area contributed by atoms with Gasteiger partial charge in [-0.1, -0.05) is 37.3 Å². The number of aryl methyl sites for hydroxylation is 1. The number of hydrogen-bond donors (Lipinski definition) is 1. The first-order valence-electron chi connectivity index (χ1n) is 9.19. The average molecular weight is 353 g/mol. The molecular weight excluding hydrogens is 326 g/mol. The molecule has 4 heteroatoms. The number of carbonyl (C=O) groups excluding carboxylic acids is 1. The number of amides is 1. The van der Waals surface area contributed by atoms with Crippen molar-refractivity contribution in [2.75, 3.05) is 0 Å². The van der Waals surface area contributed by atoms with Gasteiger partial charge < -0.3 is 14.8 Å². The van der Waals surface area contributed by atoms with Crippen molar-refractivity contribution in [1.82, 2.24) is 5.32 Å². The van der Waals surface area contributed by atoms with E-state index in [0.29, 0.717) is 12.2 Å². The highest BCUT2D eigenvalue weighted by Crippen LogP contribution is 2.40. The zero-order chi connectivity index (χ0) is 18.7. The summed E-state index contributed by atoms with van der Waals surface area (Å²) in [5, 5.41) is 3.18. The van der Waals surface area contributed by atoms with Crippen molar-refractivity contribution in [3.8, 4) is 11.5 Å². The molecule has 2 aromatic carbocycles. The fourth-order valence-corrected chi connectivity index (χ4v) is 3.34. The van der Waals surface area contributed by atoms with E-state index in [1.807, 2.05) is 56.3 Å². The van der Waals surface area contributed by atoms with E-state index >= 15 is 0 Å². The molecule has 0 radical (unpaired) electrons. The number of fused-ring (bicyclic) bond motifs is 1. The molecule has 2 aromatic rings. The molecule has 2 atom stereocenters. The Bertz CT molecular complexity index is 770. The monoisotopic (exact) mass is 353 g/mol. The highest BCUT2D eigenvalue weighted by Gasteiger charge is 2.35. The van der Waals surface area contributed by atoms with Crippen LogP contribution in [-0.4, -0.2) is 17.6 Å². The zero-order valence-electron chi connectivity index (χ0n) is 15.9. The molecule has 1 amide bonds. The van der Waals surface area contributed by atoms with E-state index in [-0.39, 0.29) is 17.6 Å². The first-order chi connectivity index (χ1) is 12.4. The fourth-order valence-electron chi connectivity index (χ4n) is 3.34. The number of para-hydroxylation sites is 1. The van der Waals surface area contributed by atoms with Crippen molar-refractivity contribution in [2.24, 2.45) is 0 Å². The lowest BCUT2D eigenvalue weighted by Gasteiger charge is -2.38. The molecule has 3 rings (SSSR count). The second-order valence-electron chi connectivity index (χ2n) is 7.50. The van der Waals surface area contributed by atoms with Crippen molar-refractivity contribution in [1.29, 1.82) is 0 Å². The first-order valence-corrected chi connectivity index (χ1v) is 9.19. The van der Waals surface area contributed by atoms with Crippen molar-refractivity contribution in [2.45, 2.75) is 58.3 Å². The van der Waals surface area contributed by atoms with Crippen LogP contribution in [0.25, 0.3) is 0 Å². The number of ether oxygens (including phenoxy) is 2. The van der Waals surface area contributed by atoms with Crippen molar-refractivity contribution in [3.63, 3.8) is 0 Å². The van der Waals surface area contributed by atoms with Crippen molar-refractivity contribution >= 4 is 5.91 Å². The summed E-state index contributed by atoms with van der Waals surface area (Å²) >= 11 is 0. The van der Waals surface area contributed by atoms with Crippen LogP contribution in [0.2, 0.25) is 0 Å². The minimum Gasteiger partial charge on any atom is -0.487 e. The molecule has 1 aliphatic rings. The predicted octanol–water partition coefficient (Wildman–Crippen LogP) is 4.57. The number of rotatable bonds is 5. The van der Waals surface area contributed by atoms with E-state index in [1.54, 1.807) is 0 Å². The maximum Gasteiger partial charge on any atom is 0.261 e. The molecule has 0 spiro atoms. The van der Waals surface area contributed by atoms with Gasteiger partial charge in [-0.15, -0.1) is 0 Å². The van der Waals surface area contributed by atoms with E-state index in [1.165, 1.54) is 0 Å². The lowest BCUT2D eigenvalue weighted by Crippen LogP contribution is -2.45. The highest BCUT2D eigenvalue weighted by molar-refractivity contribution is 5.81. The first kappa shape index (κ1) is 18.3. The Morgan fingerprint density at radius 1 is 1.27 bits per heavy atom. The number of hydrogen-bond acceptors (Lipinski definition) is 3. The molecule has 0 bridgehead atoms. The molecule has 0 aliphatic carbocycles. The summed E-state index contributed by atoms with van der Waals surface area (Å²) in [6.45, 7) is 8.10. The third kappa shape index (κ3) is 4.18. The van der Waals surface area contributed by atoms with Gasteiger partial charge in [-0.25, -0.2) is 0 Å². The summed E-state index contributed by atoms with van der Waals surface area (Å²) in [5.74, 6) is 1.46. The summed E-state index contributed by atoms with van der Waals surface area (Å²) in [7, 11) is 0. The molecule has 0 aromatic heterocycles. The van der Waals surface area contributed by atoms with Crippen molar-refractivity contribution < 1.29 is 14.3 Å². The largest absolute Gasteiger partial charge is 0.487 e. The maximum atomic E-state index is 12.9. The molecule has 0 fully saturated rings. The van der Waals surface area contributed by atoms with Crippen LogP contribution in [-0.2, 0) is 4.79 Å². The molecule has 26 heavy (non-hydrogen) atoms. The quantitative estimate of drug-likeness (QED) is 0.856. The van der Waals surface area contributed by atoms with Gasteiger partial charge in [-0.3, -0.25) is 4.79 Å². The van der Waals surface area contributed by atoms with Gasteiger partial charge >= 0.3 is 0 Å². The molecule has 1 N–H and O–H groups in total. The maximum absolute atomic E-state index is 12.9. The van der Waals surface area contributed by atoms with Crippen LogP contribution in [0.1, 0.15) is 50.8 Å². The topological polar surface area (TPSA) is 47.6 Å². The summed E-state index contributed by atoms with van der Waals surface area (Å²) < 4.78 is 12.0. The molecule has 1 aliphatic heterocycles. The Hall–Kier alpha value is -2.49. The Morgan fingerprint density at radius 2 is 2.00 bits per heavy atom. The van der Waals surface area contributed by atoms with Gasteiger partial charge in [-0.2, -0.15) is 0 Å². The second kappa shape index (κ2) is 7.40. The van der Waals surface area contributed by atoms with Gasteiger partial charge in [0.1, 0.15) is 17.1 Å². The third-order valence-electron chi connectivity index (χ3n) is 4.63. The van der Waals surface area contributed by atoms with E-state index in [2.05, 4.69) is 25.2 Å². The predicted molar refractivity (Wildman–Crippen MR) is 103 cm³/mol. The van der Waals surface area contributed by atoms with Crippen LogP contribution in [0.4, 0.5) is 0 Å². The normalized spacial score (nSPS) is 19.0. The van der Waals surface area contributed by atoms with Gasteiger partial charge in [0.25, 0.3) is 5.91 Å².